The lowest BCUT2D eigenvalue weighted by Gasteiger charge is -2.33. The number of aromatic amines is 1. The predicted octanol–water partition coefficient (Wildman–Crippen LogP) is 3.81. The molecule has 0 unspecified atom stereocenters. The highest BCUT2D eigenvalue weighted by Gasteiger charge is 2.33. The Morgan fingerprint density at radius 3 is 2.43 bits per heavy atom. The number of primary amides is 1. The Balaban J connectivity index is 1.80. The highest BCUT2D eigenvalue weighted by Crippen LogP contribution is 2.30. The molecule has 0 saturated heterocycles. The Labute approximate surface area is 248 Å². The molecule has 10 heteroatoms. The molecule has 42 heavy (non-hydrogen) atoms. The molecule has 0 radical (unpaired) electrons. The Kier molecular flexibility index (Phi) is 13.1. The van der Waals surface area contributed by atoms with Crippen LogP contribution in [0.25, 0.3) is 0 Å². The maximum atomic E-state index is 13.8. The fourth-order valence-electron chi connectivity index (χ4n) is 5.70. The average Bonchev–Trinajstić information content (AvgIpc) is 3.48. The largest absolute Gasteiger partial charge is 0.436 e. The van der Waals surface area contributed by atoms with Gasteiger partial charge in [0, 0.05) is 19.0 Å². The minimum atomic E-state index is -1.23. The van der Waals surface area contributed by atoms with Gasteiger partial charge in [0.1, 0.15) is 6.04 Å². The molecule has 0 spiro atoms. The van der Waals surface area contributed by atoms with Crippen LogP contribution in [-0.4, -0.2) is 57.3 Å². The number of nitrogens with two attached hydrogens (primary N) is 1. The van der Waals surface area contributed by atoms with Gasteiger partial charge in [-0.1, -0.05) is 82.4 Å². The normalized spacial score (nSPS) is 17.4. The molecule has 1 fully saturated rings. The zero-order chi connectivity index (χ0) is 30.5. The van der Waals surface area contributed by atoms with Crippen LogP contribution in [0.2, 0.25) is 0 Å². The number of ether oxygens (including phenoxy) is 1. The molecule has 3 rings (SSSR count). The number of allylic oxidation sites excluding steroid dienone is 1. The number of carbonyl (C=O) groups excluding carboxylic acids is 3. The second kappa shape index (κ2) is 16.7. The quantitative estimate of drug-likeness (QED) is 0.190. The fraction of sp³-hybridized carbons (Fsp3) is 0.562. The Bertz CT molecular complexity index is 1120. The molecule has 1 aliphatic carbocycles. The molecule has 1 saturated carbocycles. The van der Waals surface area contributed by atoms with Crippen LogP contribution in [-0.2, 0) is 27.2 Å². The Morgan fingerprint density at radius 1 is 1.12 bits per heavy atom. The first-order valence-electron chi connectivity index (χ1n) is 15.0. The van der Waals surface area contributed by atoms with E-state index in [2.05, 4.69) is 41.0 Å². The number of nitrogens with zero attached hydrogens (tertiary/aromatic N) is 1. The lowest BCUT2D eigenvalue weighted by molar-refractivity contribution is -0.134. The van der Waals surface area contributed by atoms with E-state index in [4.69, 9.17) is 10.5 Å². The molecule has 1 aliphatic rings. The molecule has 10 nitrogen and oxygen atoms in total. The average molecular weight is 582 g/mol. The molecule has 1 aromatic heterocycles. The number of imidazole rings is 1. The van der Waals surface area contributed by atoms with Gasteiger partial charge in [-0.15, -0.1) is 6.58 Å². The van der Waals surface area contributed by atoms with Crippen molar-refractivity contribution in [2.45, 2.75) is 95.9 Å². The van der Waals surface area contributed by atoms with Crippen molar-refractivity contribution >= 4 is 17.9 Å². The molecule has 2 aromatic rings. The number of aromatic nitrogens is 2. The summed E-state index contributed by atoms with van der Waals surface area (Å²) < 4.78 is 5.15. The molecule has 1 aromatic carbocycles. The van der Waals surface area contributed by atoms with Gasteiger partial charge in [0.05, 0.1) is 24.2 Å². The van der Waals surface area contributed by atoms with Crippen LogP contribution in [0.3, 0.4) is 0 Å². The molecule has 230 valence electrons. The molecule has 0 bridgehead atoms. The lowest BCUT2D eigenvalue weighted by Crippen LogP contribution is -2.56. The van der Waals surface area contributed by atoms with Crippen molar-refractivity contribution in [2.75, 3.05) is 0 Å². The molecule has 5 atom stereocenters. The number of carbonyl (C=O) groups is 3. The summed E-state index contributed by atoms with van der Waals surface area (Å²) in [7, 11) is 0. The van der Waals surface area contributed by atoms with Gasteiger partial charge in [0.15, 0.2) is 6.10 Å². The summed E-state index contributed by atoms with van der Waals surface area (Å²) in [6.45, 7) is 8.11. The van der Waals surface area contributed by atoms with E-state index in [1.807, 2.05) is 36.4 Å². The Morgan fingerprint density at radius 2 is 1.83 bits per heavy atom. The number of benzene rings is 1. The number of aliphatic hydroxyl groups is 1. The molecular weight excluding hydrogens is 534 g/mol. The van der Waals surface area contributed by atoms with Gasteiger partial charge < -0.3 is 31.2 Å². The monoisotopic (exact) mass is 581 g/mol. The summed E-state index contributed by atoms with van der Waals surface area (Å²) in [5.41, 5.74) is 6.62. The van der Waals surface area contributed by atoms with E-state index in [0.717, 1.165) is 31.2 Å². The number of hydrogen-bond acceptors (Lipinski definition) is 6. The van der Waals surface area contributed by atoms with Gasteiger partial charge in [-0.3, -0.25) is 9.59 Å². The summed E-state index contributed by atoms with van der Waals surface area (Å²) in [5, 5.41) is 17.2. The lowest BCUT2D eigenvalue weighted by atomic mass is 9.81. The van der Waals surface area contributed by atoms with E-state index in [0.29, 0.717) is 30.4 Å². The second-order valence-corrected chi connectivity index (χ2v) is 11.7. The summed E-state index contributed by atoms with van der Waals surface area (Å²) in [5.74, 6) is -0.303. The van der Waals surface area contributed by atoms with Crippen molar-refractivity contribution in [2.24, 2.45) is 23.5 Å². The van der Waals surface area contributed by atoms with Gasteiger partial charge in [0.25, 0.3) is 5.91 Å². The number of H-pyrrole nitrogens is 1. The Hall–Kier alpha value is -3.66. The smallest absolute Gasteiger partial charge is 0.405 e. The van der Waals surface area contributed by atoms with Crippen LogP contribution in [0.1, 0.15) is 70.1 Å². The second-order valence-electron chi connectivity index (χ2n) is 11.7. The van der Waals surface area contributed by atoms with Crippen LogP contribution in [0, 0.1) is 17.8 Å². The van der Waals surface area contributed by atoms with Crippen LogP contribution in [0.15, 0.2) is 55.5 Å². The number of rotatable bonds is 16. The van der Waals surface area contributed by atoms with E-state index in [1.54, 1.807) is 6.20 Å². The van der Waals surface area contributed by atoms with Crippen LogP contribution in [0.5, 0.6) is 0 Å². The van der Waals surface area contributed by atoms with Crippen LogP contribution >= 0.6 is 0 Å². The van der Waals surface area contributed by atoms with E-state index in [9.17, 15) is 19.5 Å². The highest BCUT2D eigenvalue weighted by molar-refractivity contribution is 5.90. The zero-order valence-corrected chi connectivity index (χ0v) is 24.8. The zero-order valence-electron chi connectivity index (χ0n) is 24.8. The molecule has 0 aliphatic heterocycles. The maximum absolute atomic E-state index is 13.8. The maximum Gasteiger partial charge on any atom is 0.405 e. The molecule has 1 heterocycles. The highest BCUT2D eigenvalue weighted by atomic mass is 16.6. The van der Waals surface area contributed by atoms with Crippen molar-refractivity contribution in [3.63, 3.8) is 0 Å². The number of nitrogens with one attached hydrogen (secondary N) is 3. The minimum Gasteiger partial charge on any atom is -0.436 e. The number of aliphatic hydroxyl groups excluding tert-OH is 1. The standard InChI is InChI=1S/C32H47N5O5/c1-4-24(21(2)3)17-28(38)26(15-22-11-7-5-8-12-22)36-30(39)27(18-25-19-34-20-35-25)37-31(40)29(42-32(33)41)16-23-13-9-6-10-14-23/h4,6,9-10,13-14,19-22,24,26-29,38H,1,5,7-8,11-12,15-18H2,2-3H3,(H2,33,41)(H,34,35)(H,36,39)(H,37,40)/t24-,26-,27-,28-,29-/m0/s1. The topological polar surface area (TPSA) is 159 Å². The molecular formula is C32H47N5O5. The van der Waals surface area contributed by atoms with E-state index in [-0.39, 0.29) is 18.8 Å². The SMILES string of the molecule is C=C[C@@H](C[C@H](O)[C@H](CC1CCCCC1)NC(=O)[C@H](Cc1c[nH]cn1)NC(=O)[C@H](Cc1ccccc1)OC(N)=O)C(C)C. The molecule has 3 amide bonds. The van der Waals surface area contributed by atoms with Crippen molar-refractivity contribution < 1.29 is 24.2 Å². The van der Waals surface area contributed by atoms with Crippen molar-refractivity contribution in [3.8, 4) is 0 Å². The minimum absolute atomic E-state index is 0.0908. The fourth-order valence-corrected chi connectivity index (χ4v) is 5.70. The summed E-state index contributed by atoms with van der Waals surface area (Å²) in [6.07, 6.45) is 8.84. The first-order valence-corrected chi connectivity index (χ1v) is 15.0. The third-order valence-electron chi connectivity index (χ3n) is 8.19. The van der Waals surface area contributed by atoms with E-state index >= 15 is 0 Å². The van der Waals surface area contributed by atoms with Crippen molar-refractivity contribution in [3.05, 3.63) is 66.8 Å². The van der Waals surface area contributed by atoms with Crippen molar-refractivity contribution in [1.29, 1.82) is 0 Å². The van der Waals surface area contributed by atoms with Gasteiger partial charge in [-0.25, -0.2) is 9.78 Å². The van der Waals surface area contributed by atoms with Crippen LogP contribution < -0.4 is 16.4 Å². The number of hydrogen-bond donors (Lipinski definition) is 5. The first kappa shape index (κ1) is 32.8. The summed E-state index contributed by atoms with van der Waals surface area (Å²) >= 11 is 0. The predicted molar refractivity (Wildman–Crippen MR) is 161 cm³/mol. The van der Waals surface area contributed by atoms with Crippen LogP contribution in [0.4, 0.5) is 4.79 Å². The third kappa shape index (κ3) is 10.6. The van der Waals surface area contributed by atoms with Crippen molar-refractivity contribution in [1.82, 2.24) is 20.6 Å². The molecule has 6 N–H and O–H groups in total. The summed E-state index contributed by atoms with van der Waals surface area (Å²) in [4.78, 5) is 46.0. The van der Waals surface area contributed by atoms with E-state index in [1.165, 1.54) is 12.7 Å². The third-order valence-corrected chi connectivity index (χ3v) is 8.19. The number of amides is 3. The van der Waals surface area contributed by atoms with Gasteiger partial charge in [-0.05, 0) is 36.2 Å². The first-order chi connectivity index (χ1) is 20.2. The van der Waals surface area contributed by atoms with E-state index < -0.39 is 42.2 Å². The summed E-state index contributed by atoms with van der Waals surface area (Å²) in [6, 6.07) is 7.56. The van der Waals surface area contributed by atoms with Gasteiger partial charge in [0.2, 0.25) is 5.91 Å². The van der Waals surface area contributed by atoms with Gasteiger partial charge in [-0.2, -0.15) is 0 Å². The van der Waals surface area contributed by atoms with Gasteiger partial charge >= 0.3 is 6.09 Å².